The van der Waals surface area contributed by atoms with E-state index >= 15 is 0 Å². The summed E-state index contributed by atoms with van der Waals surface area (Å²) in [5.41, 5.74) is 7.55. The van der Waals surface area contributed by atoms with Gasteiger partial charge in [0.2, 0.25) is 0 Å². The molecule has 0 saturated carbocycles. The minimum Gasteiger partial charge on any atom is -0.383 e. The SMILES string of the molecule is CC(C)n1cc(-c2cc(Br)cnc2N)ccc1=O. The number of hydrogen-bond acceptors (Lipinski definition) is 3. The van der Waals surface area contributed by atoms with E-state index in [1.165, 1.54) is 0 Å². The van der Waals surface area contributed by atoms with Crippen molar-refractivity contribution >= 4 is 21.7 Å². The van der Waals surface area contributed by atoms with Crippen LogP contribution in [-0.4, -0.2) is 9.55 Å². The summed E-state index contributed by atoms with van der Waals surface area (Å²) in [5.74, 6) is 0.451. The molecule has 0 fully saturated rings. The summed E-state index contributed by atoms with van der Waals surface area (Å²) in [5, 5.41) is 0. The zero-order valence-electron chi connectivity index (χ0n) is 10.2. The van der Waals surface area contributed by atoms with Crippen molar-refractivity contribution in [3.63, 3.8) is 0 Å². The number of hydrogen-bond donors (Lipinski definition) is 1. The Balaban J connectivity index is 2.61. The van der Waals surface area contributed by atoms with Crippen LogP contribution in [0.15, 0.2) is 39.9 Å². The maximum atomic E-state index is 11.7. The Morgan fingerprint density at radius 2 is 2.11 bits per heavy atom. The Morgan fingerprint density at radius 3 is 2.78 bits per heavy atom. The molecular weight excluding hydrogens is 294 g/mol. The normalized spacial score (nSPS) is 10.9. The van der Waals surface area contributed by atoms with Crippen LogP contribution in [0.3, 0.4) is 0 Å². The number of pyridine rings is 2. The van der Waals surface area contributed by atoms with Gasteiger partial charge in [-0.25, -0.2) is 4.98 Å². The van der Waals surface area contributed by atoms with Crippen molar-refractivity contribution in [2.24, 2.45) is 0 Å². The third kappa shape index (κ3) is 2.46. The quantitative estimate of drug-likeness (QED) is 0.928. The molecule has 0 amide bonds. The van der Waals surface area contributed by atoms with Gasteiger partial charge in [-0.15, -0.1) is 0 Å². The second kappa shape index (κ2) is 4.94. The maximum Gasteiger partial charge on any atom is 0.250 e. The Bertz CT molecular complexity index is 634. The van der Waals surface area contributed by atoms with Crippen LogP contribution in [0.25, 0.3) is 11.1 Å². The summed E-state index contributed by atoms with van der Waals surface area (Å²) >= 11 is 3.37. The molecule has 0 radical (unpaired) electrons. The zero-order valence-corrected chi connectivity index (χ0v) is 11.8. The number of nitrogens with two attached hydrogens (primary N) is 1. The first kappa shape index (κ1) is 12.8. The molecule has 0 atom stereocenters. The largest absolute Gasteiger partial charge is 0.383 e. The molecule has 0 spiro atoms. The molecule has 18 heavy (non-hydrogen) atoms. The molecule has 2 rings (SSSR count). The molecule has 5 heteroatoms. The minimum atomic E-state index is -0.0183. The van der Waals surface area contributed by atoms with Crippen LogP contribution in [0.5, 0.6) is 0 Å². The van der Waals surface area contributed by atoms with Gasteiger partial charge >= 0.3 is 0 Å². The third-order valence-electron chi connectivity index (χ3n) is 2.69. The lowest BCUT2D eigenvalue weighted by Crippen LogP contribution is -2.20. The van der Waals surface area contributed by atoms with Crippen molar-refractivity contribution in [1.29, 1.82) is 0 Å². The summed E-state index contributed by atoms with van der Waals surface area (Å²) < 4.78 is 2.53. The highest BCUT2D eigenvalue weighted by Crippen LogP contribution is 2.26. The van der Waals surface area contributed by atoms with E-state index in [9.17, 15) is 4.79 Å². The van der Waals surface area contributed by atoms with Crippen molar-refractivity contribution in [2.75, 3.05) is 5.73 Å². The Kier molecular flexibility index (Phi) is 3.52. The van der Waals surface area contributed by atoms with Gasteiger partial charge in [0.25, 0.3) is 5.56 Å². The average molecular weight is 308 g/mol. The predicted octanol–water partition coefficient (Wildman–Crippen LogP) is 2.84. The molecule has 0 unspecified atom stereocenters. The highest BCUT2D eigenvalue weighted by atomic mass is 79.9. The topological polar surface area (TPSA) is 60.9 Å². The standard InChI is InChI=1S/C13H14BrN3O/c1-8(2)17-7-9(3-4-12(17)18)11-5-10(14)6-16-13(11)15/h3-8H,1-2H3,(H2,15,16). The van der Waals surface area contributed by atoms with E-state index in [0.29, 0.717) is 5.82 Å². The number of nitrogens with zero attached hydrogens (tertiary/aromatic N) is 2. The molecule has 0 bridgehead atoms. The third-order valence-corrected chi connectivity index (χ3v) is 3.12. The molecule has 2 aromatic heterocycles. The predicted molar refractivity (Wildman–Crippen MR) is 76.4 cm³/mol. The second-order valence-electron chi connectivity index (χ2n) is 4.34. The van der Waals surface area contributed by atoms with Crippen LogP contribution >= 0.6 is 15.9 Å². The molecule has 0 aromatic carbocycles. The highest BCUT2D eigenvalue weighted by molar-refractivity contribution is 9.10. The zero-order chi connectivity index (χ0) is 13.3. The van der Waals surface area contributed by atoms with E-state index in [1.54, 1.807) is 22.9 Å². The molecule has 2 N–H and O–H groups in total. The maximum absolute atomic E-state index is 11.7. The molecule has 0 aliphatic rings. The highest BCUT2D eigenvalue weighted by Gasteiger charge is 2.08. The lowest BCUT2D eigenvalue weighted by molar-refractivity contribution is 0.579. The second-order valence-corrected chi connectivity index (χ2v) is 5.26. The van der Waals surface area contributed by atoms with Crippen molar-refractivity contribution in [3.05, 3.63) is 45.4 Å². The van der Waals surface area contributed by atoms with E-state index in [0.717, 1.165) is 15.6 Å². The fraction of sp³-hybridized carbons (Fsp3) is 0.231. The molecule has 0 aliphatic heterocycles. The van der Waals surface area contributed by atoms with Gasteiger partial charge in [-0.05, 0) is 41.9 Å². The minimum absolute atomic E-state index is 0.0183. The summed E-state index contributed by atoms with van der Waals surface area (Å²) in [6.07, 6.45) is 3.46. The van der Waals surface area contributed by atoms with Crippen LogP contribution < -0.4 is 11.3 Å². The first-order valence-electron chi connectivity index (χ1n) is 5.62. The molecule has 0 saturated heterocycles. The first-order chi connectivity index (χ1) is 8.49. The summed E-state index contributed by atoms with van der Waals surface area (Å²) in [6, 6.07) is 5.32. The van der Waals surface area contributed by atoms with Gasteiger partial charge < -0.3 is 10.3 Å². The smallest absolute Gasteiger partial charge is 0.250 e. The molecule has 0 aliphatic carbocycles. The fourth-order valence-electron chi connectivity index (χ4n) is 1.75. The van der Waals surface area contributed by atoms with Crippen LogP contribution in [0.4, 0.5) is 5.82 Å². The molecule has 2 heterocycles. The molecule has 2 aromatic rings. The first-order valence-corrected chi connectivity index (χ1v) is 6.42. The van der Waals surface area contributed by atoms with E-state index in [2.05, 4.69) is 20.9 Å². The number of aromatic nitrogens is 2. The van der Waals surface area contributed by atoms with E-state index in [4.69, 9.17) is 5.73 Å². The van der Waals surface area contributed by atoms with Crippen molar-refractivity contribution in [1.82, 2.24) is 9.55 Å². The van der Waals surface area contributed by atoms with Gasteiger partial charge in [0, 0.05) is 40.1 Å². The molecule has 4 nitrogen and oxygen atoms in total. The van der Waals surface area contributed by atoms with Crippen LogP contribution in [0.2, 0.25) is 0 Å². The van der Waals surface area contributed by atoms with Gasteiger partial charge in [0.05, 0.1) is 0 Å². The van der Waals surface area contributed by atoms with Crippen LogP contribution in [-0.2, 0) is 0 Å². The Labute approximate surface area is 114 Å². The van der Waals surface area contributed by atoms with Gasteiger partial charge in [-0.1, -0.05) is 0 Å². The lowest BCUT2D eigenvalue weighted by atomic mass is 10.1. The van der Waals surface area contributed by atoms with Crippen molar-refractivity contribution < 1.29 is 0 Å². The Morgan fingerprint density at radius 1 is 1.39 bits per heavy atom. The van der Waals surface area contributed by atoms with Crippen molar-refractivity contribution in [2.45, 2.75) is 19.9 Å². The number of anilines is 1. The van der Waals surface area contributed by atoms with E-state index < -0.39 is 0 Å². The lowest BCUT2D eigenvalue weighted by Gasteiger charge is -2.12. The van der Waals surface area contributed by atoms with Gasteiger partial charge in [0.15, 0.2) is 0 Å². The monoisotopic (exact) mass is 307 g/mol. The number of nitrogen functional groups attached to an aromatic ring is 1. The fourth-order valence-corrected chi connectivity index (χ4v) is 2.08. The van der Waals surface area contributed by atoms with E-state index in [1.807, 2.05) is 26.1 Å². The van der Waals surface area contributed by atoms with Crippen molar-refractivity contribution in [3.8, 4) is 11.1 Å². The summed E-state index contributed by atoms with van der Waals surface area (Å²) in [7, 11) is 0. The number of halogens is 1. The Hall–Kier alpha value is -1.62. The molecule has 94 valence electrons. The van der Waals surface area contributed by atoms with Gasteiger partial charge in [-0.3, -0.25) is 4.79 Å². The van der Waals surface area contributed by atoms with E-state index in [-0.39, 0.29) is 11.6 Å². The summed E-state index contributed by atoms with van der Waals surface area (Å²) in [4.78, 5) is 15.8. The van der Waals surface area contributed by atoms with Gasteiger partial charge in [-0.2, -0.15) is 0 Å². The number of rotatable bonds is 2. The van der Waals surface area contributed by atoms with Crippen LogP contribution in [0, 0.1) is 0 Å². The average Bonchev–Trinajstić information content (AvgIpc) is 2.33. The molecular formula is C13H14BrN3O. The van der Waals surface area contributed by atoms with Gasteiger partial charge in [0.1, 0.15) is 5.82 Å². The van der Waals surface area contributed by atoms with Crippen LogP contribution in [0.1, 0.15) is 19.9 Å². The summed E-state index contributed by atoms with van der Waals surface area (Å²) in [6.45, 7) is 3.93.